The fourth-order valence-electron chi connectivity index (χ4n) is 3.40. The number of carbonyl (C=O) groups is 1. The van der Waals surface area contributed by atoms with Crippen LogP contribution in [0.2, 0.25) is 0 Å². The average molecular weight is 397 g/mol. The maximum absolute atomic E-state index is 12.4. The van der Waals surface area contributed by atoms with Crippen molar-refractivity contribution in [2.75, 3.05) is 6.61 Å². The van der Waals surface area contributed by atoms with Crippen molar-refractivity contribution in [3.8, 4) is 5.75 Å². The molecule has 2 unspecified atom stereocenters. The summed E-state index contributed by atoms with van der Waals surface area (Å²) in [7, 11) is -1.00. The van der Waals surface area contributed by atoms with Gasteiger partial charge in [0, 0.05) is 11.5 Å². The molecule has 154 valence electrons. The molecule has 6 nitrogen and oxygen atoms in total. The first kappa shape index (κ1) is 21.4. The SMILES string of the molecule is CCC(CC(C)OCc1ccccc1)NC(=O)COc1cccc2c1B(O)OC2. The van der Waals surface area contributed by atoms with Gasteiger partial charge in [0.2, 0.25) is 0 Å². The van der Waals surface area contributed by atoms with Gasteiger partial charge in [0.05, 0.1) is 19.3 Å². The molecule has 2 N–H and O–H groups in total. The van der Waals surface area contributed by atoms with Crippen molar-refractivity contribution < 1.29 is 23.9 Å². The Balaban J connectivity index is 1.44. The number of ether oxygens (including phenoxy) is 2. The molecule has 1 aliphatic heterocycles. The Kier molecular flexibility index (Phi) is 7.69. The van der Waals surface area contributed by atoms with E-state index in [4.69, 9.17) is 14.1 Å². The summed E-state index contributed by atoms with van der Waals surface area (Å²) < 4.78 is 16.8. The van der Waals surface area contributed by atoms with E-state index in [1.807, 2.05) is 56.3 Å². The minimum Gasteiger partial charge on any atom is -0.484 e. The van der Waals surface area contributed by atoms with Gasteiger partial charge in [-0.25, -0.2) is 0 Å². The van der Waals surface area contributed by atoms with E-state index in [9.17, 15) is 9.82 Å². The van der Waals surface area contributed by atoms with E-state index >= 15 is 0 Å². The molecule has 0 bridgehead atoms. The van der Waals surface area contributed by atoms with E-state index in [0.29, 0.717) is 24.4 Å². The molecule has 0 spiro atoms. The Bertz CT molecular complexity index is 801. The summed E-state index contributed by atoms with van der Waals surface area (Å²) in [5.74, 6) is 0.286. The van der Waals surface area contributed by atoms with E-state index in [-0.39, 0.29) is 24.7 Å². The first-order valence-electron chi connectivity index (χ1n) is 10.1. The van der Waals surface area contributed by atoms with Crippen LogP contribution in [-0.2, 0) is 27.4 Å². The third-order valence-corrected chi connectivity index (χ3v) is 5.01. The van der Waals surface area contributed by atoms with Gasteiger partial charge in [-0.3, -0.25) is 4.79 Å². The van der Waals surface area contributed by atoms with Gasteiger partial charge in [-0.05, 0) is 37.0 Å². The highest BCUT2D eigenvalue weighted by Gasteiger charge is 2.31. The molecule has 29 heavy (non-hydrogen) atoms. The van der Waals surface area contributed by atoms with Crippen molar-refractivity contribution in [2.45, 2.75) is 52.0 Å². The third-order valence-electron chi connectivity index (χ3n) is 5.01. The van der Waals surface area contributed by atoms with Crippen LogP contribution in [0.4, 0.5) is 0 Å². The highest BCUT2D eigenvalue weighted by molar-refractivity contribution is 6.62. The Morgan fingerprint density at radius 2 is 2.03 bits per heavy atom. The quantitative estimate of drug-likeness (QED) is 0.601. The van der Waals surface area contributed by atoms with Crippen molar-refractivity contribution in [3.63, 3.8) is 0 Å². The predicted octanol–water partition coefficient (Wildman–Crippen LogP) is 2.17. The zero-order valence-electron chi connectivity index (χ0n) is 17.0. The van der Waals surface area contributed by atoms with Gasteiger partial charge in [-0.15, -0.1) is 0 Å². The standard InChI is InChI=1S/C22H28BNO5/c1-3-19(12-16(2)27-13-17-8-5-4-6-9-17)24-21(25)15-28-20-11-7-10-18-14-29-23(26)22(18)20/h4-11,16,19,26H,3,12-15H2,1-2H3,(H,24,25). The normalized spacial score (nSPS) is 14.9. The van der Waals surface area contributed by atoms with Gasteiger partial charge < -0.3 is 24.5 Å². The van der Waals surface area contributed by atoms with Crippen molar-refractivity contribution in [1.29, 1.82) is 0 Å². The number of amides is 1. The number of hydrogen-bond acceptors (Lipinski definition) is 5. The molecule has 0 aromatic heterocycles. The van der Waals surface area contributed by atoms with Crippen LogP contribution in [0.1, 0.15) is 37.8 Å². The van der Waals surface area contributed by atoms with Crippen LogP contribution in [0, 0.1) is 0 Å². The van der Waals surface area contributed by atoms with Crippen LogP contribution in [0.5, 0.6) is 5.75 Å². The topological polar surface area (TPSA) is 77.0 Å². The molecule has 0 saturated heterocycles. The summed E-state index contributed by atoms with van der Waals surface area (Å²) in [5.41, 5.74) is 2.62. The van der Waals surface area contributed by atoms with Gasteiger partial charge in [0.15, 0.2) is 6.61 Å². The molecule has 1 amide bonds. The lowest BCUT2D eigenvalue weighted by Gasteiger charge is -2.22. The summed E-state index contributed by atoms with van der Waals surface area (Å²) in [6.07, 6.45) is 1.55. The van der Waals surface area contributed by atoms with E-state index in [1.54, 1.807) is 6.07 Å². The van der Waals surface area contributed by atoms with Crippen LogP contribution in [-0.4, -0.2) is 36.8 Å². The molecule has 0 radical (unpaired) electrons. The van der Waals surface area contributed by atoms with Crippen molar-refractivity contribution in [3.05, 3.63) is 59.7 Å². The summed E-state index contributed by atoms with van der Waals surface area (Å²) >= 11 is 0. The lowest BCUT2D eigenvalue weighted by Crippen LogP contribution is -2.40. The highest BCUT2D eigenvalue weighted by Crippen LogP contribution is 2.18. The Hall–Kier alpha value is -2.35. The van der Waals surface area contributed by atoms with E-state index < -0.39 is 7.12 Å². The average Bonchev–Trinajstić information content (AvgIpc) is 3.12. The van der Waals surface area contributed by atoms with Crippen LogP contribution >= 0.6 is 0 Å². The molecule has 1 heterocycles. The minimum absolute atomic E-state index is 0.00675. The molecule has 2 atom stereocenters. The first-order chi connectivity index (χ1) is 14.1. The van der Waals surface area contributed by atoms with E-state index in [2.05, 4.69) is 5.32 Å². The lowest BCUT2D eigenvalue weighted by atomic mass is 9.79. The highest BCUT2D eigenvalue weighted by atomic mass is 16.5. The van der Waals surface area contributed by atoms with E-state index in [0.717, 1.165) is 24.0 Å². The molecule has 2 aromatic carbocycles. The minimum atomic E-state index is -1.00. The second-order valence-corrected chi connectivity index (χ2v) is 7.30. The summed E-state index contributed by atoms with van der Waals surface area (Å²) in [6.45, 7) is 4.84. The zero-order valence-corrected chi connectivity index (χ0v) is 17.0. The van der Waals surface area contributed by atoms with Crippen molar-refractivity contribution in [1.82, 2.24) is 5.32 Å². The van der Waals surface area contributed by atoms with Crippen molar-refractivity contribution >= 4 is 18.5 Å². The van der Waals surface area contributed by atoms with Crippen LogP contribution in [0.15, 0.2) is 48.5 Å². The molecule has 1 aliphatic rings. The van der Waals surface area contributed by atoms with Gasteiger partial charge >= 0.3 is 7.12 Å². The van der Waals surface area contributed by atoms with Crippen LogP contribution in [0.3, 0.4) is 0 Å². The fraction of sp³-hybridized carbons (Fsp3) is 0.409. The number of nitrogens with one attached hydrogen (secondary N) is 1. The molecule has 0 saturated carbocycles. The zero-order chi connectivity index (χ0) is 20.6. The Morgan fingerprint density at radius 3 is 2.79 bits per heavy atom. The predicted molar refractivity (Wildman–Crippen MR) is 112 cm³/mol. The molecule has 2 aromatic rings. The number of benzene rings is 2. The number of hydrogen-bond donors (Lipinski definition) is 2. The summed E-state index contributed by atoms with van der Waals surface area (Å²) in [4.78, 5) is 12.4. The maximum atomic E-state index is 12.4. The van der Waals surface area contributed by atoms with Gasteiger partial charge in [0.1, 0.15) is 5.75 Å². The second-order valence-electron chi connectivity index (χ2n) is 7.30. The maximum Gasteiger partial charge on any atom is 0.495 e. The molecule has 7 heteroatoms. The molecule has 0 fully saturated rings. The van der Waals surface area contributed by atoms with Crippen LogP contribution < -0.4 is 15.5 Å². The molecular weight excluding hydrogens is 369 g/mol. The molecule has 0 aliphatic carbocycles. The summed E-state index contributed by atoms with van der Waals surface area (Å²) in [5, 5.41) is 12.9. The summed E-state index contributed by atoms with van der Waals surface area (Å²) in [6, 6.07) is 15.5. The van der Waals surface area contributed by atoms with Gasteiger partial charge in [-0.1, -0.05) is 49.4 Å². The number of rotatable bonds is 10. The smallest absolute Gasteiger partial charge is 0.484 e. The Morgan fingerprint density at radius 1 is 1.24 bits per heavy atom. The third kappa shape index (κ3) is 6.06. The van der Waals surface area contributed by atoms with Crippen molar-refractivity contribution in [2.24, 2.45) is 0 Å². The second kappa shape index (κ2) is 10.4. The fourth-order valence-corrected chi connectivity index (χ4v) is 3.40. The lowest BCUT2D eigenvalue weighted by molar-refractivity contribution is -0.124. The number of carbonyl (C=O) groups excluding carboxylic acids is 1. The molecule has 3 rings (SSSR count). The number of fused-ring (bicyclic) bond motifs is 1. The molecular formula is C22H28BNO5. The first-order valence-corrected chi connectivity index (χ1v) is 10.1. The monoisotopic (exact) mass is 397 g/mol. The van der Waals surface area contributed by atoms with E-state index in [1.165, 1.54) is 0 Å². The van der Waals surface area contributed by atoms with Gasteiger partial charge in [-0.2, -0.15) is 0 Å². The van der Waals surface area contributed by atoms with Gasteiger partial charge in [0.25, 0.3) is 5.91 Å². The Labute approximate surface area is 172 Å². The van der Waals surface area contributed by atoms with Crippen LogP contribution in [0.25, 0.3) is 0 Å². The largest absolute Gasteiger partial charge is 0.495 e.